The van der Waals surface area contributed by atoms with Crippen LogP contribution in [-0.4, -0.2) is 39.5 Å². The van der Waals surface area contributed by atoms with Gasteiger partial charge in [0.25, 0.3) is 5.91 Å². The summed E-state index contributed by atoms with van der Waals surface area (Å²) in [6.45, 7) is 2.10. The van der Waals surface area contributed by atoms with Gasteiger partial charge in [-0.25, -0.2) is 9.18 Å². The molecule has 0 bridgehead atoms. The number of benzene rings is 1. The van der Waals surface area contributed by atoms with Crippen molar-refractivity contribution in [2.75, 3.05) is 6.54 Å². The zero-order valence-corrected chi connectivity index (χ0v) is 12.0. The molecule has 1 aliphatic rings. The molecule has 1 aromatic carbocycles. The molecule has 1 amide bonds. The number of carbonyl (C=O) groups is 2. The third-order valence-electron chi connectivity index (χ3n) is 4.00. The summed E-state index contributed by atoms with van der Waals surface area (Å²) < 4.78 is 13.2. The van der Waals surface area contributed by atoms with Gasteiger partial charge in [0, 0.05) is 18.0 Å². The van der Waals surface area contributed by atoms with Gasteiger partial charge in [-0.1, -0.05) is 0 Å². The Labute approximate surface area is 126 Å². The van der Waals surface area contributed by atoms with Crippen LogP contribution in [0.25, 0.3) is 10.9 Å². The molecule has 0 saturated carbocycles. The molecule has 1 saturated heterocycles. The van der Waals surface area contributed by atoms with E-state index in [0.29, 0.717) is 41.5 Å². The molecule has 114 valence electrons. The number of amides is 1. The fourth-order valence-corrected chi connectivity index (χ4v) is 2.87. The number of carboxylic acids is 1. The monoisotopic (exact) mass is 302 g/mol. The van der Waals surface area contributed by atoms with Crippen LogP contribution < -0.4 is 0 Å². The molecule has 1 atom stereocenters. The van der Waals surface area contributed by atoms with E-state index in [-0.39, 0.29) is 11.7 Å². The molecule has 2 aromatic rings. The van der Waals surface area contributed by atoms with E-state index in [1.54, 1.807) is 19.1 Å². The van der Waals surface area contributed by atoms with Crippen LogP contribution >= 0.6 is 0 Å². The van der Waals surface area contributed by atoms with Crippen LogP contribution in [0.5, 0.6) is 0 Å². The quantitative estimate of drug-likeness (QED) is 0.924. The minimum atomic E-state index is -0.987. The van der Waals surface area contributed by atoms with Gasteiger partial charge in [0.15, 0.2) is 0 Å². The fourth-order valence-electron chi connectivity index (χ4n) is 2.87. The van der Waals surface area contributed by atoms with Gasteiger partial charge in [0.1, 0.15) is 11.9 Å². The second kappa shape index (κ2) is 5.36. The van der Waals surface area contributed by atoms with Crippen molar-refractivity contribution in [1.29, 1.82) is 0 Å². The summed E-state index contributed by atoms with van der Waals surface area (Å²) in [6.07, 6.45) is 1.14. The number of hydrogen-bond donors (Lipinski definition) is 1. The lowest BCUT2D eigenvalue weighted by atomic mass is 10.1. The molecule has 5 nitrogen and oxygen atoms in total. The number of halogens is 1. The molecular weight excluding hydrogens is 287 g/mol. The molecule has 0 aliphatic carbocycles. The fraction of sp³-hybridized carbons (Fsp3) is 0.312. The zero-order valence-electron chi connectivity index (χ0n) is 12.0. The number of likely N-dealkylation sites (tertiary alicyclic amines) is 1. The van der Waals surface area contributed by atoms with E-state index >= 15 is 0 Å². The number of carboxylic acid groups (broad SMARTS) is 1. The van der Waals surface area contributed by atoms with Crippen molar-refractivity contribution in [2.24, 2.45) is 0 Å². The summed E-state index contributed by atoms with van der Waals surface area (Å²) >= 11 is 0. The average Bonchev–Trinajstić information content (AvgIpc) is 2.95. The third kappa shape index (κ3) is 2.41. The lowest BCUT2D eigenvalue weighted by Gasteiger charge is -2.22. The second-order valence-corrected chi connectivity index (χ2v) is 5.45. The van der Waals surface area contributed by atoms with Crippen molar-refractivity contribution in [3.63, 3.8) is 0 Å². The highest BCUT2D eigenvalue weighted by molar-refractivity contribution is 6.00. The summed E-state index contributed by atoms with van der Waals surface area (Å²) in [5.41, 5.74) is 1.32. The maximum absolute atomic E-state index is 13.2. The van der Waals surface area contributed by atoms with Crippen LogP contribution in [0.2, 0.25) is 0 Å². The summed E-state index contributed by atoms with van der Waals surface area (Å²) in [5, 5.41) is 9.85. The minimum Gasteiger partial charge on any atom is -0.480 e. The van der Waals surface area contributed by atoms with Gasteiger partial charge in [0.2, 0.25) is 0 Å². The topological polar surface area (TPSA) is 70.5 Å². The molecule has 6 heteroatoms. The number of aromatic nitrogens is 1. The largest absolute Gasteiger partial charge is 0.480 e. The number of pyridine rings is 1. The number of aryl methyl sites for hydroxylation is 1. The average molecular weight is 302 g/mol. The van der Waals surface area contributed by atoms with Crippen LogP contribution in [0, 0.1) is 12.7 Å². The smallest absolute Gasteiger partial charge is 0.326 e. The zero-order chi connectivity index (χ0) is 15.9. The van der Waals surface area contributed by atoms with E-state index in [1.165, 1.54) is 17.0 Å². The molecule has 2 heterocycles. The first kappa shape index (κ1) is 14.4. The highest BCUT2D eigenvalue weighted by Gasteiger charge is 2.35. The van der Waals surface area contributed by atoms with Gasteiger partial charge in [-0.2, -0.15) is 0 Å². The van der Waals surface area contributed by atoms with Gasteiger partial charge in [-0.15, -0.1) is 0 Å². The number of hydrogen-bond acceptors (Lipinski definition) is 3. The highest BCUT2D eigenvalue weighted by atomic mass is 19.1. The van der Waals surface area contributed by atoms with Crippen molar-refractivity contribution in [2.45, 2.75) is 25.8 Å². The molecule has 1 N–H and O–H groups in total. The van der Waals surface area contributed by atoms with Crippen molar-refractivity contribution in [3.05, 3.63) is 41.3 Å². The Morgan fingerprint density at radius 1 is 1.36 bits per heavy atom. The minimum absolute atomic E-state index is 0.332. The molecule has 0 spiro atoms. The molecule has 0 unspecified atom stereocenters. The Hall–Kier alpha value is -2.50. The standard InChI is InChI=1S/C16H15FN2O3/c1-9-12(7-10-4-5-11(17)8-13(10)18-9)15(20)19-6-2-3-14(19)16(21)22/h4-5,7-8,14H,2-3,6H2,1H3,(H,21,22)/t14-/m1/s1. The van der Waals surface area contributed by atoms with E-state index in [2.05, 4.69) is 4.98 Å². The third-order valence-corrected chi connectivity index (χ3v) is 4.00. The first-order chi connectivity index (χ1) is 10.5. The molecule has 1 fully saturated rings. The van der Waals surface area contributed by atoms with Gasteiger partial charge < -0.3 is 10.0 Å². The van der Waals surface area contributed by atoms with E-state index in [4.69, 9.17) is 0 Å². The van der Waals surface area contributed by atoms with Gasteiger partial charge in [-0.05, 0) is 38.0 Å². The van der Waals surface area contributed by atoms with Gasteiger partial charge in [-0.3, -0.25) is 9.78 Å². The second-order valence-electron chi connectivity index (χ2n) is 5.45. The van der Waals surface area contributed by atoms with Crippen LogP contribution in [0.15, 0.2) is 24.3 Å². The number of aliphatic carboxylic acids is 1. The predicted octanol–water partition coefficient (Wildman–Crippen LogP) is 2.37. The Morgan fingerprint density at radius 2 is 2.14 bits per heavy atom. The lowest BCUT2D eigenvalue weighted by molar-refractivity contribution is -0.141. The Bertz CT molecular complexity index is 775. The number of fused-ring (bicyclic) bond motifs is 1. The van der Waals surface area contributed by atoms with Crippen molar-refractivity contribution >= 4 is 22.8 Å². The molecule has 0 radical (unpaired) electrons. The SMILES string of the molecule is Cc1nc2cc(F)ccc2cc1C(=O)N1CCC[C@@H]1C(=O)O. The molecule has 22 heavy (non-hydrogen) atoms. The number of carbonyl (C=O) groups excluding carboxylic acids is 1. The summed E-state index contributed by atoms with van der Waals surface area (Å²) in [5.74, 6) is -1.70. The summed E-state index contributed by atoms with van der Waals surface area (Å²) in [4.78, 5) is 29.5. The van der Waals surface area contributed by atoms with E-state index < -0.39 is 12.0 Å². The Kier molecular flexibility index (Phi) is 3.52. The number of rotatable bonds is 2. The van der Waals surface area contributed by atoms with Crippen molar-refractivity contribution in [3.8, 4) is 0 Å². The first-order valence-electron chi connectivity index (χ1n) is 7.08. The Balaban J connectivity index is 2.02. The lowest BCUT2D eigenvalue weighted by Crippen LogP contribution is -2.40. The number of nitrogens with zero attached hydrogens (tertiary/aromatic N) is 2. The van der Waals surface area contributed by atoms with Gasteiger partial charge >= 0.3 is 5.97 Å². The van der Waals surface area contributed by atoms with E-state index in [9.17, 15) is 19.1 Å². The molecular formula is C16H15FN2O3. The van der Waals surface area contributed by atoms with Crippen LogP contribution in [0.3, 0.4) is 0 Å². The summed E-state index contributed by atoms with van der Waals surface area (Å²) in [6, 6.07) is 5.05. The van der Waals surface area contributed by atoms with Crippen molar-refractivity contribution < 1.29 is 19.1 Å². The molecule has 1 aromatic heterocycles. The highest BCUT2D eigenvalue weighted by Crippen LogP contribution is 2.24. The summed E-state index contributed by atoms with van der Waals surface area (Å²) in [7, 11) is 0. The maximum atomic E-state index is 13.2. The van der Waals surface area contributed by atoms with Crippen LogP contribution in [0.1, 0.15) is 28.9 Å². The van der Waals surface area contributed by atoms with Crippen molar-refractivity contribution in [1.82, 2.24) is 9.88 Å². The predicted molar refractivity (Wildman–Crippen MR) is 78.1 cm³/mol. The molecule has 3 rings (SSSR count). The normalized spacial score (nSPS) is 17.9. The van der Waals surface area contributed by atoms with Crippen LogP contribution in [-0.2, 0) is 4.79 Å². The van der Waals surface area contributed by atoms with E-state index in [0.717, 1.165) is 0 Å². The van der Waals surface area contributed by atoms with E-state index in [1.807, 2.05) is 0 Å². The first-order valence-corrected chi connectivity index (χ1v) is 7.08. The van der Waals surface area contributed by atoms with Crippen LogP contribution in [0.4, 0.5) is 4.39 Å². The molecule has 1 aliphatic heterocycles. The van der Waals surface area contributed by atoms with Gasteiger partial charge in [0.05, 0.1) is 16.8 Å². The maximum Gasteiger partial charge on any atom is 0.326 e. The Morgan fingerprint density at radius 3 is 2.86 bits per heavy atom.